The summed E-state index contributed by atoms with van der Waals surface area (Å²) in [6.07, 6.45) is 0. The minimum absolute atomic E-state index is 0.0869. The molecule has 2 aromatic rings. The molecule has 106 valence electrons. The molecule has 0 atom stereocenters. The van der Waals surface area contributed by atoms with Crippen molar-refractivity contribution in [3.8, 4) is 11.6 Å². The Morgan fingerprint density at radius 3 is 2.50 bits per heavy atom. The highest BCUT2D eigenvalue weighted by atomic mass is 19.1. The number of pyridine rings is 1. The summed E-state index contributed by atoms with van der Waals surface area (Å²) in [7, 11) is 1.56. The van der Waals surface area contributed by atoms with E-state index in [2.05, 4.69) is 4.98 Å². The van der Waals surface area contributed by atoms with Gasteiger partial charge in [-0.15, -0.1) is 0 Å². The Morgan fingerprint density at radius 2 is 1.90 bits per heavy atom. The van der Waals surface area contributed by atoms with E-state index >= 15 is 0 Å². The van der Waals surface area contributed by atoms with Gasteiger partial charge in [0.2, 0.25) is 0 Å². The second-order valence-electron chi connectivity index (χ2n) is 3.89. The van der Waals surface area contributed by atoms with Crippen molar-refractivity contribution in [1.82, 2.24) is 4.98 Å². The van der Waals surface area contributed by atoms with E-state index in [9.17, 15) is 8.78 Å². The summed E-state index contributed by atoms with van der Waals surface area (Å²) in [5.41, 5.74) is 2.82. The van der Waals surface area contributed by atoms with Gasteiger partial charge in [-0.25, -0.2) is 14.6 Å². The van der Waals surface area contributed by atoms with Gasteiger partial charge >= 0.3 is 0 Å². The number of methoxy groups -OCH3 is 1. The van der Waals surface area contributed by atoms with Gasteiger partial charge in [0.15, 0.2) is 17.5 Å². The zero-order valence-electron chi connectivity index (χ0n) is 10.7. The molecule has 2 rings (SSSR count). The van der Waals surface area contributed by atoms with Crippen LogP contribution >= 0.6 is 0 Å². The molecule has 1 aromatic carbocycles. The third-order valence-electron chi connectivity index (χ3n) is 2.57. The first kappa shape index (κ1) is 14.0. The molecule has 20 heavy (non-hydrogen) atoms. The molecule has 0 unspecified atom stereocenters. The summed E-state index contributed by atoms with van der Waals surface area (Å²) in [6.45, 7) is 0.0869. The molecule has 0 aliphatic rings. The van der Waals surface area contributed by atoms with Crippen molar-refractivity contribution >= 4 is 5.82 Å². The lowest BCUT2D eigenvalue weighted by molar-refractivity contribution is 0.276. The minimum Gasteiger partial charge on any atom is -0.497 e. The van der Waals surface area contributed by atoms with Crippen molar-refractivity contribution in [3.05, 3.63) is 47.5 Å². The maximum absolute atomic E-state index is 13.5. The highest BCUT2D eigenvalue weighted by molar-refractivity contribution is 5.38. The topological polar surface area (TPSA) is 69.4 Å². The minimum atomic E-state index is -0.894. The van der Waals surface area contributed by atoms with Gasteiger partial charge < -0.3 is 14.9 Å². The number of anilines is 1. The van der Waals surface area contributed by atoms with Crippen molar-refractivity contribution in [2.75, 3.05) is 12.5 Å². The normalized spacial score (nSPS) is 10.2. The summed E-state index contributed by atoms with van der Waals surface area (Å²) in [5, 5.41) is 0. The highest BCUT2D eigenvalue weighted by Gasteiger charge is 2.12. The molecule has 1 heterocycles. The average molecular weight is 281 g/mol. The Morgan fingerprint density at radius 1 is 1.20 bits per heavy atom. The van der Waals surface area contributed by atoms with Crippen molar-refractivity contribution in [2.24, 2.45) is 5.84 Å². The molecule has 0 amide bonds. The van der Waals surface area contributed by atoms with E-state index in [-0.39, 0.29) is 18.3 Å². The Kier molecular flexibility index (Phi) is 4.31. The van der Waals surface area contributed by atoms with Gasteiger partial charge in [-0.3, -0.25) is 0 Å². The number of hydrazine groups is 1. The van der Waals surface area contributed by atoms with Gasteiger partial charge in [0.25, 0.3) is 5.88 Å². The molecule has 0 spiro atoms. The average Bonchev–Trinajstić information content (AvgIpc) is 2.47. The Bertz CT molecular complexity index is 591. The van der Waals surface area contributed by atoms with Crippen LogP contribution in [-0.4, -0.2) is 12.1 Å². The Hall–Kier alpha value is -2.41. The van der Waals surface area contributed by atoms with Gasteiger partial charge in [0.05, 0.1) is 7.11 Å². The van der Waals surface area contributed by atoms with E-state index in [4.69, 9.17) is 15.3 Å². The standard InChI is InChI=1S/C13H13F2N3O2/c1-19-9-4-2-8(3-5-9)7-20-13-11(15)6-10(14)12(17-13)18-16/h2-6H,7,16H2,1H3,(H,17,18). The van der Waals surface area contributed by atoms with E-state index in [1.807, 2.05) is 5.43 Å². The third-order valence-corrected chi connectivity index (χ3v) is 2.57. The number of aromatic nitrogens is 1. The van der Waals surface area contributed by atoms with E-state index in [0.717, 1.165) is 5.56 Å². The quantitative estimate of drug-likeness (QED) is 0.649. The molecule has 7 heteroatoms. The lowest BCUT2D eigenvalue weighted by Gasteiger charge is -2.09. The number of nitrogen functional groups attached to an aromatic ring is 1. The molecule has 0 bridgehead atoms. The molecule has 0 aliphatic carbocycles. The molecular formula is C13H13F2N3O2. The summed E-state index contributed by atoms with van der Waals surface area (Å²) in [5.74, 6) is 3.38. The zero-order valence-corrected chi connectivity index (χ0v) is 10.7. The van der Waals surface area contributed by atoms with Gasteiger partial charge in [-0.2, -0.15) is 4.98 Å². The van der Waals surface area contributed by atoms with Gasteiger partial charge in [-0.1, -0.05) is 12.1 Å². The number of rotatable bonds is 5. The highest BCUT2D eigenvalue weighted by Crippen LogP contribution is 2.21. The molecule has 0 fully saturated rings. The fourth-order valence-electron chi connectivity index (χ4n) is 1.53. The molecule has 0 saturated heterocycles. The second-order valence-corrected chi connectivity index (χ2v) is 3.89. The summed E-state index contributed by atoms with van der Waals surface area (Å²) in [4.78, 5) is 3.61. The van der Waals surface area contributed by atoms with Crippen molar-refractivity contribution in [3.63, 3.8) is 0 Å². The van der Waals surface area contributed by atoms with Gasteiger partial charge in [0.1, 0.15) is 12.4 Å². The van der Waals surface area contributed by atoms with Crippen molar-refractivity contribution in [2.45, 2.75) is 6.61 Å². The number of benzene rings is 1. The predicted octanol–water partition coefficient (Wildman–Crippen LogP) is 2.23. The molecule has 0 saturated carbocycles. The summed E-state index contributed by atoms with van der Waals surface area (Å²) < 4.78 is 36.9. The zero-order chi connectivity index (χ0) is 14.5. The Balaban J connectivity index is 2.09. The predicted molar refractivity (Wildman–Crippen MR) is 69.3 cm³/mol. The van der Waals surface area contributed by atoms with Gasteiger partial charge in [0, 0.05) is 6.07 Å². The number of ether oxygens (including phenoxy) is 2. The van der Waals surface area contributed by atoms with Crippen LogP contribution < -0.4 is 20.7 Å². The lowest BCUT2D eigenvalue weighted by Crippen LogP contribution is -2.12. The molecule has 0 radical (unpaired) electrons. The van der Waals surface area contributed by atoms with Gasteiger partial charge in [-0.05, 0) is 17.7 Å². The third kappa shape index (κ3) is 3.12. The van der Waals surface area contributed by atoms with E-state index in [0.29, 0.717) is 11.8 Å². The van der Waals surface area contributed by atoms with Crippen molar-refractivity contribution < 1.29 is 18.3 Å². The van der Waals surface area contributed by atoms with Crippen LogP contribution in [-0.2, 0) is 6.61 Å². The number of nitrogens with two attached hydrogens (primary N) is 1. The van der Waals surface area contributed by atoms with E-state index < -0.39 is 11.6 Å². The monoisotopic (exact) mass is 281 g/mol. The van der Waals surface area contributed by atoms with E-state index in [1.54, 1.807) is 31.4 Å². The molecule has 5 nitrogen and oxygen atoms in total. The Labute approximate surface area is 114 Å². The number of nitrogens with one attached hydrogen (secondary N) is 1. The fraction of sp³-hybridized carbons (Fsp3) is 0.154. The summed E-state index contributed by atoms with van der Waals surface area (Å²) in [6, 6.07) is 7.69. The van der Waals surface area contributed by atoms with Crippen LogP contribution in [0.5, 0.6) is 11.6 Å². The van der Waals surface area contributed by atoms with Crippen LogP contribution in [0.4, 0.5) is 14.6 Å². The maximum Gasteiger partial charge on any atom is 0.252 e. The van der Waals surface area contributed by atoms with Crippen LogP contribution in [0.1, 0.15) is 5.56 Å². The first-order valence-electron chi connectivity index (χ1n) is 5.72. The second kappa shape index (κ2) is 6.16. The SMILES string of the molecule is COc1ccc(COc2nc(NN)c(F)cc2F)cc1. The van der Waals surface area contributed by atoms with Crippen LogP contribution in [0.25, 0.3) is 0 Å². The number of nitrogens with zero attached hydrogens (tertiary/aromatic N) is 1. The summed E-state index contributed by atoms with van der Waals surface area (Å²) >= 11 is 0. The maximum atomic E-state index is 13.5. The number of hydrogen-bond donors (Lipinski definition) is 2. The molecular weight excluding hydrogens is 268 g/mol. The first-order valence-corrected chi connectivity index (χ1v) is 5.72. The van der Waals surface area contributed by atoms with Crippen LogP contribution in [0, 0.1) is 11.6 Å². The van der Waals surface area contributed by atoms with Crippen molar-refractivity contribution in [1.29, 1.82) is 0 Å². The fourth-order valence-corrected chi connectivity index (χ4v) is 1.53. The molecule has 3 N–H and O–H groups in total. The van der Waals surface area contributed by atoms with E-state index in [1.165, 1.54) is 0 Å². The van der Waals surface area contributed by atoms with Crippen LogP contribution in [0.3, 0.4) is 0 Å². The molecule has 1 aromatic heterocycles. The molecule has 0 aliphatic heterocycles. The smallest absolute Gasteiger partial charge is 0.252 e. The number of halogens is 2. The lowest BCUT2D eigenvalue weighted by atomic mass is 10.2. The number of hydrogen-bond acceptors (Lipinski definition) is 5. The van der Waals surface area contributed by atoms with Crippen LogP contribution in [0.2, 0.25) is 0 Å². The first-order chi connectivity index (χ1) is 9.63. The van der Waals surface area contributed by atoms with Crippen LogP contribution in [0.15, 0.2) is 30.3 Å². The largest absolute Gasteiger partial charge is 0.497 e.